The van der Waals surface area contributed by atoms with Crippen molar-refractivity contribution in [1.82, 2.24) is 15.8 Å². The summed E-state index contributed by atoms with van der Waals surface area (Å²) in [4.78, 5) is 40.7. The van der Waals surface area contributed by atoms with Crippen LogP contribution < -0.4 is 15.8 Å². The highest BCUT2D eigenvalue weighted by Gasteiger charge is 2.30. The SMILES string of the molecule is CN(C)c1cccc(C(=O)NNC(=O)[C@H]2CCCN(C(=O)c3ccco3)C2)c1. The standard InChI is InChI=1S/C20H24N4O4/c1-23(2)16-8-3-6-14(12-16)18(25)21-22-19(26)15-7-4-10-24(13-15)20(27)17-9-5-11-28-17/h3,5-6,8-9,11-12,15H,4,7,10,13H2,1-2H3,(H,21,25)(H,22,26)/t15-/m0/s1. The smallest absolute Gasteiger partial charge is 0.289 e. The third-order valence-electron chi connectivity index (χ3n) is 4.74. The molecule has 1 fully saturated rings. The number of furan rings is 1. The normalized spacial score (nSPS) is 16.4. The lowest BCUT2D eigenvalue weighted by Gasteiger charge is -2.31. The van der Waals surface area contributed by atoms with Crippen molar-refractivity contribution >= 4 is 23.4 Å². The fourth-order valence-electron chi connectivity index (χ4n) is 3.15. The molecule has 1 aliphatic heterocycles. The van der Waals surface area contributed by atoms with Gasteiger partial charge >= 0.3 is 0 Å². The van der Waals surface area contributed by atoms with Crippen molar-refractivity contribution in [2.75, 3.05) is 32.1 Å². The molecule has 1 aliphatic rings. The molecular formula is C20H24N4O4. The van der Waals surface area contributed by atoms with Gasteiger partial charge in [0.1, 0.15) is 0 Å². The summed E-state index contributed by atoms with van der Waals surface area (Å²) in [5.74, 6) is -1.06. The summed E-state index contributed by atoms with van der Waals surface area (Å²) >= 11 is 0. The van der Waals surface area contributed by atoms with Gasteiger partial charge in [-0.15, -0.1) is 0 Å². The van der Waals surface area contributed by atoms with E-state index in [1.807, 2.05) is 25.1 Å². The van der Waals surface area contributed by atoms with Crippen LogP contribution in [0.4, 0.5) is 5.69 Å². The highest BCUT2D eigenvalue weighted by Crippen LogP contribution is 2.19. The van der Waals surface area contributed by atoms with E-state index in [4.69, 9.17) is 4.42 Å². The Labute approximate surface area is 163 Å². The van der Waals surface area contributed by atoms with Gasteiger partial charge in [0.15, 0.2) is 5.76 Å². The Hall–Kier alpha value is -3.29. The first-order valence-electron chi connectivity index (χ1n) is 9.16. The van der Waals surface area contributed by atoms with E-state index in [2.05, 4.69) is 10.9 Å². The second-order valence-corrected chi connectivity index (χ2v) is 6.96. The van der Waals surface area contributed by atoms with Crippen molar-refractivity contribution < 1.29 is 18.8 Å². The van der Waals surface area contributed by atoms with Gasteiger partial charge in [-0.2, -0.15) is 0 Å². The zero-order valence-electron chi connectivity index (χ0n) is 16.0. The van der Waals surface area contributed by atoms with Gasteiger partial charge in [0.2, 0.25) is 5.91 Å². The highest BCUT2D eigenvalue weighted by molar-refractivity contribution is 5.96. The zero-order valence-corrected chi connectivity index (χ0v) is 16.0. The van der Waals surface area contributed by atoms with Gasteiger partial charge in [0.25, 0.3) is 11.8 Å². The molecule has 1 aromatic carbocycles. The molecule has 28 heavy (non-hydrogen) atoms. The molecule has 8 heteroatoms. The van der Waals surface area contributed by atoms with Crippen LogP contribution in [0.1, 0.15) is 33.8 Å². The Kier molecular flexibility index (Phi) is 5.98. The third kappa shape index (κ3) is 4.51. The maximum atomic E-state index is 12.5. The molecule has 0 bridgehead atoms. The predicted molar refractivity (Wildman–Crippen MR) is 104 cm³/mol. The quantitative estimate of drug-likeness (QED) is 0.782. The summed E-state index contributed by atoms with van der Waals surface area (Å²) in [6.07, 6.45) is 2.81. The van der Waals surface area contributed by atoms with Gasteiger partial charge < -0.3 is 14.2 Å². The van der Waals surface area contributed by atoms with Gasteiger partial charge in [0, 0.05) is 38.4 Å². The summed E-state index contributed by atoms with van der Waals surface area (Å²) in [5, 5.41) is 0. The van der Waals surface area contributed by atoms with Crippen molar-refractivity contribution in [2.45, 2.75) is 12.8 Å². The van der Waals surface area contributed by atoms with E-state index in [1.54, 1.807) is 35.2 Å². The molecule has 0 unspecified atom stereocenters. The topological polar surface area (TPSA) is 94.9 Å². The molecule has 0 radical (unpaired) electrons. The van der Waals surface area contributed by atoms with Crippen LogP contribution in [-0.2, 0) is 4.79 Å². The maximum Gasteiger partial charge on any atom is 0.289 e. The lowest BCUT2D eigenvalue weighted by Crippen LogP contribution is -2.50. The lowest BCUT2D eigenvalue weighted by molar-refractivity contribution is -0.127. The number of likely N-dealkylation sites (tertiary alicyclic amines) is 1. The number of rotatable bonds is 4. The summed E-state index contributed by atoms with van der Waals surface area (Å²) < 4.78 is 5.15. The average Bonchev–Trinajstić information content (AvgIpc) is 3.26. The molecule has 148 valence electrons. The second-order valence-electron chi connectivity index (χ2n) is 6.96. The number of hydrogen-bond donors (Lipinski definition) is 2. The van der Waals surface area contributed by atoms with Crippen LogP contribution in [0.25, 0.3) is 0 Å². The molecule has 3 rings (SSSR count). The largest absolute Gasteiger partial charge is 0.459 e. The molecule has 8 nitrogen and oxygen atoms in total. The van der Waals surface area contributed by atoms with Crippen LogP contribution >= 0.6 is 0 Å². The minimum absolute atomic E-state index is 0.230. The third-order valence-corrected chi connectivity index (χ3v) is 4.74. The fraction of sp³-hybridized carbons (Fsp3) is 0.350. The van der Waals surface area contributed by atoms with E-state index >= 15 is 0 Å². The molecule has 0 saturated carbocycles. The Bertz CT molecular complexity index is 848. The maximum absolute atomic E-state index is 12.5. The van der Waals surface area contributed by atoms with Crippen LogP contribution in [0.2, 0.25) is 0 Å². The van der Waals surface area contributed by atoms with Crippen LogP contribution in [-0.4, -0.2) is 49.8 Å². The number of amides is 3. The Morgan fingerprint density at radius 2 is 1.96 bits per heavy atom. The van der Waals surface area contributed by atoms with E-state index in [1.165, 1.54) is 6.26 Å². The first-order valence-corrected chi connectivity index (χ1v) is 9.16. The number of anilines is 1. The van der Waals surface area contributed by atoms with E-state index in [-0.39, 0.29) is 30.0 Å². The average molecular weight is 384 g/mol. The van der Waals surface area contributed by atoms with Crippen LogP contribution in [0, 0.1) is 5.92 Å². The number of benzene rings is 1. The molecule has 2 aromatic rings. The van der Waals surface area contributed by atoms with Crippen molar-refractivity contribution in [3.05, 3.63) is 54.0 Å². The van der Waals surface area contributed by atoms with E-state index < -0.39 is 5.91 Å². The molecular weight excluding hydrogens is 360 g/mol. The Morgan fingerprint density at radius 3 is 2.68 bits per heavy atom. The molecule has 3 amide bonds. The molecule has 0 spiro atoms. The summed E-state index contributed by atoms with van der Waals surface area (Å²) in [7, 11) is 3.77. The molecule has 0 aliphatic carbocycles. The molecule has 1 saturated heterocycles. The van der Waals surface area contributed by atoms with Gasteiger partial charge in [-0.05, 0) is 43.2 Å². The predicted octanol–water partition coefficient (Wildman–Crippen LogP) is 1.66. The first-order chi connectivity index (χ1) is 13.5. The van der Waals surface area contributed by atoms with Crippen LogP contribution in [0.15, 0.2) is 47.1 Å². The second kappa shape index (κ2) is 8.60. The number of carbonyl (C=O) groups is 3. The number of nitrogens with one attached hydrogen (secondary N) is 2. The minimum Gasteiger partial charge on any atom is -0.459 e. The number of carbonyl (C=O) groups excluding carboxylic acids is 3. The Balaban J connectivity index is 1.55. The minimum atomic E-state index is -0.392. The van der Waals surface area contributed by atoms with Gasteiger partial charge in [-0.3, -0.25) is 25.2 Å². The summed E-state index contributed by atoms with van der Waals surface area (Å²) in [6.45, 7) is 0.865. The highest BCUT2D eigenvalue weighted by atomic mass is 16.3. The molecule has 1 atom stereocenters. The number of hydrazine groups is 1. The van der Waals surface area contributed by atoms with E-state index in [0.29, 0.717) is 24.9 Å². The van der Waals surface area contributed by atoms with Gasteiger partial charge in [0.05, 0.1) is 12.2 Å². The number of hydrogen-bond acceptors (Lipinski definition) is 5. The van der Waals surface area contributed by atoms with Gasteiger partial charge in [-0.25, -0.2) is 0 Å². The molecule has 2 heterocycles. The lowest BCUT2D eigenvalue weighted by atomic mass is 9.97. The van der Waals surface area contributed by atoms with E-state index in [0.717, 1.165) is 5.69 Å². The van der Waals surface area contributed by atoms with Crippen molar-refractivity contribution in [1.29, 1.82) is 0 Å². The van der Waals surface area contributed by atoms with Gasteiger partial charge in [-0.1, -0.05) is 6.07 Å². The number of piperidine rings is 1. The monoisotopic (exact) mass is 384 g/mol. The van der Waals surface area contributed by atoms with Crippen LogP contribution in [0.5, 0.6) is 0 Å². The van der Waals surface area contributed by atoms with Crippen molar-refractivity contribution in [2.24, 2.45) is 5.92 Å². The first kappa shape index (κ1) is 19.5. The molecule has 2 N–H and O–H groups in total. The van der Waals surface area contributed by atoms with E-state index in [9.17, 15) is 14.4 Å². The summed E-state index contributed by atoms with van der Waals surface area (Å²) in [5.41, 5.74) is 6.27. The van der Waals surface area contributed by atoms with Crippen molar-refractivity contribution in [3.63, 3.8) is 0 Å². The zero-order chi connectivity index (χ0) is 20.1. The molecule has 1 aromatic heterocycles. The fourth-order valence-corrected chi connectivity index (χ4v) is 3.15. The Morgan fingerprint density at radius 1 is 1.14 bits per heavy atom. The summed E-state index contributed by atoms with van der Waals surface area (Å²) in [6, 6.07) is 10.4. The van der Waals surface area contributed by atoms with Crippen LogP contribution in [0.3, 0.4) is 0 Å². The van der Waals surface area contributed by atoms with Crippen molar-refractivity contribution in [3.8, 4) is 0 Å². The number of nitrogens with zero attached hydrogens (tertiary/aromatic N) is 2.